The zero-order chi connectivity index (χ0) is 22.9. The average molecular weight is 434 g/mol. The van der Waals surface area contributed by atoms with E-state index >= 15 is 0 Å². The van der Waals surface area contributed by atoms with Gasteiger partial charge in [0, 0.05) is 31.3 Å². The predicted octanol–water partition coefficient (Wildman–Crippen LogP) is 3.41. The van der Waals surface area contributed by atoms with Crippen molar-refractivity contribution < 1.29 is 27.8 Å². The third-order valence-corrected chi connectivity index (χ3v) is 5.16. The highest BCUT2D eigenvalue weighted by molar-refractivity contribution is 6.02. The number of nitrogens with zero attached hydrogens (tertiary/aromatic N) is 1. The fraction of sp³-hybridized carbons (Fsp3) is 0.409. The van der Waals surface area contributed by atoms with E-state index in [1.807, 2.05) is 13.8 Å². The van der Waals surface area contributed by atoms with E-state index in [1.165, 1.54) is 43.3 Å². The third kappa shape index (κ3) is 4.92. The molecule has 31 heavy (non-hydrogen) atoms. The van der Waals surface area contributed by atoms with Crippen LogP contribution in [0.15, 0.2) is 29.1 Å². The molecule has 1 aromatic heterocycles. The van der Waals surface area contributed by atoms with Gasteiger partial charge in [0.15, 0.2) is 17.3 Å². The second-order valence-electron chi connectivity index (χ2n) is 8.37. The van der Waals surface area contributed by atoms with Gasteiger partial charge < -0.3 is 19.4 Å². The number of methoxy groups -OCH3 is 1. The number of aromatic nitrogens is 1. The molecule has 1 aliphatic rings. The molecule has 0 atom stereocenters. The lowest BCUT2D eigenvalue weighted by atomic mass is 9.75. The number of Topliss-reactive ketones (excluding diaryl/α,β-unsaturated/α-hetero) is 1. The number of carbonyl (C=O) groups excluding carboxylic acids is 2. The quantitative estimate of drug-likeness (QED) is 0.753. The maximum Gasteiger partial charge on any atom is 0.387 e. The summed E-state index contributed by atoms with van der Waals surface area (Å²) in [6.45, 7) is 0.991. The molecule has 0 bridgehead atoms. The first kappa shape index (κ1) is 22.5. The lowest BCUT2D eigenvalue weighted by Crippen LogP contribution is -2.35. The Morgan fingerprint density at radius 1 is 1.19 bits per heavy atom. The molecule has 0 saturated carbocycles. The predicted molar refractivity (Wildman–Crippen MR) is 109 cm³/mol. The number of ketones is 1. The van der Waals surface area contributed by atoms with Crippen LogP contribution >= 0.6 is 0 Å². The summed E-state index contributed by atoms with van der Waals surface area (Å²) in [5.41, 5.74) is 0.560. The van der Waals surface area contributed by atoms with Gasteiger partial charge in [0.05, 0.1) is 7.11 Å². The van der Waals surface area contributed by atoms with Crippen LogP contribution in [0.1, 0.15) is 52.2 Å². The van der Waals surface area contributed by atoms with Gasteiger partial charge in [-0.1, -0.05) is 19.9 Å². The van der Waals surface area contributed by atoms with Gasteiger partial charge >= 0.3 is 6.61 Å². The Morgan fingerprint density at radius 2 is 1.90 bits per heavy atom. The normalized spacial score (nSPS) is 14.9. The summed E-state index contributed by atoms with van der Waals surface area (Å²) in [5, 5.41) is 0. The van der Waals surface area contributed by atoms with Crippen LogP contribution in [0.5, 0.6) is 11.5 Å². The van der Waals surface area contributed by atoms with Crippen molar-refractivity contribution in [2.45, 2.75) is 39.8 Å². The van der Waals surface area contributed by atoms with Gasteiger partial charge in [0.2, 0.25) is 0 Å². The first-order chi connectivity index (χ1) is 14.5. The number of benzene rings is 1. The molecule has 166 valence electrons. The van der Waals surface area contributed by atoms with Crippen LogP contribution in [-0.2, 0) is 13.0 Å². The van der Waals surface area contributed by atoms with E-state index in [0.29, 0.717) is 29.7 Å². The molecule has 0 radical (unpaired) electrons. The Labute approximate surface area is 178 Å². The highest BCUT2D eigenvalue weighted by Gasteiger charge is 2.33. The van der Waals surface area contributed by atoms with Crippen molar-refractivity contribution in [3.05, 3.63) is 57.0 Å². The summed E-state index contributed by atoms with van der Waals surface area (Å²) >= 11 is 0. The minimum Gasteiger partial charge on any atom is -0.493 e. The van der Waals surface area contributed by atoms with Gasteiger partial charge in [-0.2, -0.15) is 8.78 Å². The Kier molecular flexibility index (Phi) is 6.15. The van der Waals surface area contributed by atoms with Crippen molar-refractivity contribution in [3.63, 3.8) is 0 Å². The highest BCUT2D eigenvalue weighted by Crippen LogP contribution is 2.33. The minimum absolute atomic E-state index is 0.0850. The molecular weight excluding hydrogens is 410 g/mol. The van der Waals surface area contributed by atoms with Gasteiger partial charge in [-0.3, -0.25) is 14.4 Å². The van der Waals surface area contributed by atoms with Crippen LogP contribution in [-0.4, -0.2) is 42.3 Å². The van der Waals surface area contributed by atoms with Gasteiger partial charge in [-0.25, -0.2) is 0 Å². The fourth-order valence-electron chi connectivity index (χ4n) is 3.74. The Hall–Kier alpha value is -3.23. The van der Waals surface area contributed by atoms with Crippen molar-refractivity contribution in [1.82, 2.24) is 9.88 Å². The molecule has 1 aromatic carbocycles. The monoisotopic (exact) mass is 434 g/mol. The zero-order valence-corrected chi connectivity index (χ0v) is 17.8. The van der Waals surface area contributed by atoms with Crippen molar-refractivity contribution in [1.29, 1.82) is 0 Å². The number of pyridine rings is 1. The molecule has 0 saturated heterocycles. The van der Waals surface area contributed by atoms with E-state index in [2.05, 4.69) is 9.72 Å². The lowest BCUT2D eigenvalue weighted by molar-refractivity contribution is -0.0512. The van der Waals surface area contributed by atoms with E-state index in [0.717, 1.165) is 0 Å². The SMILES string of the molecule is COc1cc(CN(C)C(=O)c2cc3c([nH]c2=O)CC(C)(C)CC3=O)ccc1OC(F)F. The largest absolute Gasteiger partial charge is 0.493 e. The van der Waals surface area contributed by atoms with Crippen LogP contribution in [0.4, 0.5) is 8.78 Å². The Bertz CT molecular complexity index is 1080. The number of nitrogens with one attached hydrogen (secondary N) is 1. The molecule has 1 heterocycles. The number of hydrogen-bond acceptors (Lipinski definition) is 5. The number of fused-ring (bicyclic) bond motifs is 1. The van der Waals surface area contributed by atoms with E-state index in [4.69, 9.17) is 4.74 Å². The van der Waals surface area contributed by atoms with Crippen LogP contribution in [0.2, 0.25) is 0 Å². The van der Waals surface area contributed by atoms with Gasteiger partial charge in [0.1, 0.15) is 5.56 Å². The summed E-state index contributed by atoms with van der Waals surface area (Å²) in [6, 6.07) is 5.69. The summed E-state index contributed by atoms with van der Waals surface area (Å²) in [7, 11) is 2.82. The van der Waals surface area contributed by atoms with Crippen molar-refractivity contribution in [2.75, 3.05) is 14.2 Å². The molecule has 0 fully saturated rings. The van der Waals surface area contributed by atoms with Crippen molar-refractivity contribution in [2.24, 2.45) is 5.41 Å². The number of aromatic amines is 1. The number of amides is 1. The van der Waals surface area contributed by atoms with E-state index in [1.54, 1.807) is 0 Å². The zero-order valence-electron chi connectivity index (χ0n) is 17.8. The number of ether oxygens (including phenoxy) is 2. The molecular formula is C22H24F2N2O5. The standard InChI is InChI=1S/C22H24F2N2O5/c1-22(2)9-15-13(16(27)10-22)8-14(19(28)25-15)20(29)26(3)11-12-5-6-17(31-21(23)24)18(7-12)30-4/h5-8,21H,9-11H2,1-4H3,(H,25,28). The van der Waals surface area contributed by atoms with Crippen LogP contribution < -0.4 is 15.0 Å². The Morgan fingerprint density at radius 3 is 2.55 bits per heavy atom. The van der Waals surface area contributed by atoms with Gasteiger partial charge in [-0.15, -0.1) is 0 Å². The minimum atomic E-state index is -2.99. The molecule has 0 aliphatic heterocycles. The maximum atomic E-state index is 12.9. The molecule has 3 rings (SSSR count). The molecule has 1 amide bonds. The van der Waals surface area contributed by atoms with E-state index in [9.17, 15) is 23.2 Å². The number of rotatable bonds is 6. The first-order valence-corrected chi connectivity index (χ1v) is 9.67. The number of H-pyrrole nitrogens is 1. The van der Waals surface area contributed by atoms with Crippen LogP contribution in [0, 0.1) is 5.41 Å². The lowest BCUT2D eigenvalue weighted by Gasteiger charge is -2.30. The number of carbonyl (C=O) groups is 2. The smallest absolute Gasteiger partial charge is 0.387 e. The summed E-state index contributed by atoms with van der Waals surface area (Å²) in [6.07, 6.45) is 0.878. The molecule has 2 aromatic rings. The van der Waals surface area contributed by atoms with Crippen molar-refractivity contribution in [3.8, 4) is 11.5 Å². The van der Waals surface area contributed by atoms with Crippen LogP contribution in [0.25, 0.3) is 0 Å². The summed E-state index contributed by atoms with van der Waals surface area (Å²) < 4.78 is 34.4. The number of hydrogen-bond donors (Lipinski definition) is 1. The topological polar surface area (TPSA) is 88.7 Å². The third-order valence-electron chi connectivity index (χ3n) is 5.16. The number of halogens is 2. The molecule has 0 unspecified atom stereocenters. The van der Waals surface area contributed by atoms with Gasteiger partial charge in [0.25, 0.3) is 11.5 Å². The number of alkyl halides is 2. The average Bonchev–Trinajstić information content (AvgIpc) is 2.66. The highest BCUT2D eigenvalue weighted by atomic mass is 19.3. The molecule has 1 N–H and O–H groups in total. The molecule has 0 spiro atoms. The van der Waals surface area contributed by atoms with E-state index in [-0.39, 0.29) is 34.8 Å². The van der Waals surface area contributed by atoms with E-state index < -0.39 is 18.1 Å². The van der Waals surface area contributed by atoms with Crippen molar-refractivity contribution >= 4 is 11.7 Å². The van der Waals surface area contributed by atoms with Gasteiger partial charge in [-0.05, 0) is 35.6 Å². The molecule has 9 heteroatoms. The summed E-state index contributed by atoms with van der Waals surface area (Å²) in [4.78, 5) is 41.9. The van der Waals surface area contributed by atoms with Crippen LogP contribution in [0.3, 0.4) is 0 Å². The first-order valence-electron chi connectivity index (χ1n) is 9.67. The fourth-order valence-corrected chi connectivity index (χ4v) is 3.74. The second-order valence-corrected chi connectivity index (χ2v) is 8.37. The second kappa shape index (κ2) is 8.49. The molecule has 7 nitrogen and oxygen atoms in total. The molecule has 1 aliphatic carbocycles. The maximum absolute atomic E-state index is 12.9. The summed E-state index contributed by atoms with van der Waals surface area (Å²) in [5.74, 6) is -0.701. The Balaban J connectivity index is 1.83.